The first-order valence-electron chi connectivity index (χ1n) is 9.30. The van der Waals surface area contributed by atoms with Gasteiger partial charge in [0.25, 0.3) is 0 Å². The summed E-state index contributed by atoms with van der Waals surface area (Å²) in [7, 11) is 1.68. The van der Waals surface area contributed by atoms with Crippen molar-refractivity contribution < 1.29 is 19.4 Å². The first-order chi connectivity index (χ1) is 13.4. The molecule has 3 aromatic rings. The van der Waals surface area contributed by atoms with E-state index in [1.165, 1.54) is 0 Å². The molecule has 0 bridgehead atoms. The van der Waals surface area contributed by atoms with Gasteiger partial charge in [-0.3, -0.25) is 0 Å². The van der Waals surface area contributed by atoms with Crippen LogP contribution >= 0.6 is 0 Å². The normalized spacial score (nSPS) is 15.9. The zero-order valence-corrected chi connectivity index (χ0v) is 16.0. The summed E-state index contributed by atoms with van der Waals surface area (Å²) in [6.07, 6.45) is 1.96. The third-order valence-corrected chi connectivity index (χ3v) is 5.97. The molecule has 0 saturated heterocycles. The van der Waals surface area contributed by atoms with Gasteiger partial charge in [-0.1, -0.05) is 44.2 Å². The molecule has 0 unspecified atom stereocenters. The molecule has 5 rings (SSSR count). The number of ether oxygens (including phenoxy) is 2. The summed E-state index contributed by atoms with van der Waals surface area (Å²) in [4.78, 5) is 11.6. The molecule has 2 aliphatic rings. The van der Waals surface area contributed by atoms with Gasteiger partial charge in [0.05, 0.1) is 18.2 Å². The minimum atomic E-state index is -0.915. The maximum absolute atomic E-state index is 11.6. The summed E-state index contributed by atoms with van der Waals surface area (Å²) in [5.74, 6) is 0.734. The highest BCUT2D eigenvalue weighted by molar-refractivity contribution is 6.09. The Morgan fingerprint density at radius 3 is 2.57 bits per heavy atom. The Labute approximate surface area is 163 Å². The van der Waals surface area contributed by atoms with Gasteiger partial charge in [-0.2, -0.15) is 0 Å². The van der Waals surface area contributed by atoms with Gasteiger partial charge in [0.1, 0.15) is 18.1 Å². The standard InChI is InChI=1S/C24H20O4/c1-24(2)17-12-13(23(25)26)8-9-16(17)19-14-6-4-5-7-15(14)22-20(21(19)24)18(27-3)10-11-28-22/h4-10,12H,11H2,1-3H3,(H,25,26). The quantitative estimate of drug-likeness (QED) is 0.670. The van der Waals surface area contributed by atoms with Crippen LogP contribution in [0.3, 0.4) is 0 Å². The van der Waals surface area contributed by atoms with Crippen LogP contribution < -0.4 is 4.74 Å². The molecule has 140 valence electrons. The van der Waals surface area contributed by atoms with E-state index in [-0.39, 0.29) is 5.41 Å². The van der Waals surface area contributed by atoms with Crippen molar-refractivity contribution in [2.45, 2.75) is 19.3 Å². The van der Waals surface area contributed by atoms with Gasteiger partial charge in [-0.25, -0.2) is 4.79 Å². The number of rotatable bonds is 2. The van der Waals surface area contributed by atoms with Crippen LogP contribution in [0.15, 0.2) is 48.5 Å². The van der Waals surface area contributed by atoms with Crippen molar-refractivity contribution in [2.75, 3.05) is 13.7 Å². The monoisotopic (exact) mass is 372 g/mol. The molecule has 0 spiro atoms. The van der Waals surface area contributed by atoms with Crippen molar-refractivity contribution in [1.82, 2.24) is 0 Å². The van der Waals surface area contributed by atoms with Gasteiger partial charge in [0, 0.05) is 10.8 Å². The third-order valence-electron chi connectivity index (χ3n) is 5.97. The fourth-order valence-electron chi connectivity index (χ4n) is 4.73. The molecule has 28 heavy (non-hydrogen) atoms. The lowest BCUT2D eigenvalue weighted by Crippen LogP contribution is -2.20. The Balaban J connectivity index is 1.97. The molecular formula is C24H20O4. The molecule has 1 N–H and O–H groups in total. The van der Waals surface area contributed by atoms with E-state index in [0.29, 0.717) is 12.2 Å². The third kappa shape index (κ3) is 2.03. The minimum Gasteiger partial charge on any atom is -0.496 e. The molecule has 1 aliphatic heterocycles. The predicted octanol–water partition coefficient (Wildman–Crippen LogP) is 5.22. The lowest BCUT2D eigenvalue weighted by molar-refractivity contribution is 0.0696. The zero-order chi connectivity index (χ0) is 19.6. The van der Waals surface area contributed by atoms with Crippen LogP contribution in [-0.4, -0.2) is 24.8 Å². The molecular weight excluding hydrogens is 352 g/mol. The Morgan fingerprint density at radius 2 is 1.86 bits per heavy atom. The average molecular weight is 372 g/mol. The van der Waals surface area contributed by atoms with Crippen molar-refractivity contribution in [3.8, 4) is 16.9 Å². The number of hydrogen-bond donors (Lipinski definition) is 1. The van der Waals surface area contributed by atoms with Gasteiger partial charge in [0.15, 0.2) is 0 Å². The number of hydrogen-bond acceptors (Lipinski definition) is 3. The summed E-state index contributed by atoms with van der Waals surface area (Å²) < 4.78 is 11.8. The second kappa shape index (κ2) is 5.61. The topological polar surface area (TPSA) is 55.8 Å². The molecule has 4 heteroatoms. The van der Waals surface area contributed by atoms with Crippen molar-refractivity contribution in [3.05, 3.63) is 70.8 Å². The predicted molar refractivity (Wildman–Crippen MR) is 109 cm³/mol. The van der Waals surface area contributed by atoms with Gasteiger partial charge < -0.3 is 14.6 Å². The van der Waals surface area contributed by atoms with E-state index in [1.807, 2.05) is 24.3 Å². The molecule has 3 aromatic carbocycles. The van der Waals surface area contributed by atoms with E-state index < -0.39 is 5.97 Å². The summed E-state index contributed by atoms with van der Waals surface area (Å²) in [6.45, 7) is 4.75. The molecule has 0 saturated carbocycles. The van der Waals surface area contributed by atoms with E-state index in [0.717, 1.165) is 50.1 Å². The first-order valence-corrected chi connectivity index (χ1v) is 9.30. The highest BCUT2D eigenvalue weighted by Crippen LogP contribution is 2.57. The van der Waals surface area contributed by atoms with E-state index in [2.05, 4.69) is 26.0 Å². The van der Waals surface area contributed by atoms with Crippen molar-refractivity contribution >= 4 is 22.5 Å². The number of methoxy groups -OCH3 is 1. The van der Waals surface area contributed by atoms with Crippen LogP contribution in [0.2, 0.25) is 0 Å². The summed E-state index contributed by atoms with van der Waals surface area (Å²) in [6, 6.07) is 13.6. The molecule has 0 radical (unpaired) electrons. The first kappa shape index (κ1) is 16.9. The Hall–Kier alpha value is -3.27. The second-order valence-corrected chi connectivity index (χ2v) is 7.77. The van der Waals surface area contributed by atoms with Crippen LogP contribution in [0.5, 0.6) is 5.75 Å². The number of carbonyl (C=O) groups is 1. The van der Waals surface area contributed by atoms with Crippen LogP contribution in [0, 0.1) is 0 Å². The average Bonchev–Trinajstić information content (AvgIpc) is 2.95. The summed E-state index contributed by atoms with van der Waals surface area (Å²) in [5, 5.41) is 11.7. The van der Waals surface area contributed by atoms with Gasteiger partial charge in [-0.15, -0.1) is 0 Å². The second-order valence-electron chi connectivity index (χ2n) is 7.77. The maximum Gasteiger partial charge on any atom is 0.335 e. The number of carboxylic acid groups (broad SMARTS) is 1. The number of carboxylic acids is 1. The fraction of sp³-hybridized carbons (Fsp3) is 0.208. The molecule has 1 aliphatic carbocycles. The molecule has 1 heterocycles. The summed E-state index contributed by atoms with van der Waals surface area (Å²) >= 11 is 0. The Morgan fingerprint density at radius 1 is 1.11 bits per heavy atom. The number of benzene rings is 3. The molecule has 0 fully saturated rings. The fourth-order valence-corrected chi connectivity index (χ4v) is 4.73. The highest BCUT2D eigenvalue weighted by Gasteiger charge is 2.42. The zero-order valence-electron chi connectivity index (χ0n) is 16.0. The molecule has 0 amide bonds. The van der Waals surface area contributed by atoms with E-state index in [1.54, 1.807) is 19.2 Å². The van der Waals surface area contributed by atoms with Crippen LogP contribution in [0.4, 0.5) is 0 Å². The Kier molecular flexibility index (Phi) is 3.38. The lowest BCUT2D eigenvalue weighted by Gasteiger charge is -2.29. The van der Waals surface area contributed by atoms with Crippen molar-refractivity contribution in [3.63, 3.8) is 0 Å². The van der Waals surface area contributed by atoms with Gasteiger partial charge >= 0.3 is 5.97 Å². The van der Waals surface area contributed by atoms with Crippen molar-refractivity contribution in [1.29, 1.82) is 0 Å². The maximum atomic E-state index is 11.6. The number of fused-ring (bicyclic) bond motifs is 8. The van der Waals surface area contributed by atoms with Gasteiger partial charge in [0.2, 0.25) is 0 Å². The van der Waals surface area contributed by atoms with Crippen LogP contribution in [0.1, 0.15) is 40.9 Å². The van der Waals surface area contributed by atoms with Crippen LogP contribution in [0.25, 0.3) is 27.7 Å². The largest absolute Gasteiger partial charge is 0.496 e. The molecule has 0 atom stereocenters. The van der Waals surface area contributed by atoms with Crippen LogP contribution in [-0.2, 0) is 10.2 Å². The number of aromatic carboxylic acids is 1. The molecule has 4 nitrogen and oxygen atoms in total. The minimum absolute atomic E-state index is 0.302. The lowest BCUT2D eigenvalue weighted by atomic mass is 9.78. The van der Waals surface area contributed by atoms with E-state index >= 15 is 0 Å². The van der Waals surface area contributed by atoms with E-state index in [4.69, 9.17) is 9.47 Å². The Bertz CT molecular complexity index is 1200. The summed E-state index contributed by atoms with van der Waals surface area (Å²) in [5.41, 5.74) is 5.25. The van der Waals surface area contributed by atoms with Crippen molar-refractivity contribution in [2.24, 2.45) is 0 Å². The smallest absolute Gasteiger partial charge is 0.335 e. The van der Waals surface area contributed by atoms with E-state index in [9.17, 15) is 9.90 Å². The highest BCUT2D eigenvalue weighted by atomic mass is 16.5. The van der Waals surface area contributed by atoms with Gasteiger partial charge in [-0.05, 0) is 45.8 Å². The SMILES string of the molecule is COC1=CCOc2c1c1c(c3ccccc23)-c2ccc(C(=O)O)cc2C1(C)C. The molecule has 0 aromatic heterocycles.